The van der Waals surface area contributed by atoms with Crippen LogP contribution in [-0.4, -0.2) is 31.2 Å². The predicted molar refractivity (Wildman–Crippen MR) is 114 cm³/mol. The van der Waals surface area contributed by atoms with Crippen LogP contribution in [0.3, 0.4) is 0 Å². The van der Waals surface area contributed by atoms with E-state index in [0.29, 0.717) is 10.8 Å². The maximum absolute atomic E-state index is 13.0. The van der Waals surface area contributed by atoms with Gasteiger partial charge in [0.1, 0.15) is 0 Å². The van der Waals surface area contributed by atoms with E-state index in [1.165, 1.54) is 0 Å². The Bertz CT molecular complexity index is 1590. The van der Waals surface area contributed by atoms with E-state index in [1.54, 1.807) is 0 Å². The molecule has 2 amide bonds. The first-order valence-corrected chi connectivity index (χ1v) is 9.89. The highest BCUT2D eigenvalue weighted by atomic mass is 79.9. The zero-order valence-corrected chi connectivity index (χ0v) is 17.1. The average Bonchev–Trinajstić information content (AvgIpc) is 3.25. The number of aromatic nitrogens is 2. The number of hydrogen-bond acceptors (Lipinski definition) is 3. The lowest BCUT2D eigenvalue weighted by Gasteiger charge is -2.07. The van der Waals surface area contributed by atoms with Crippen molar-refractivity contribution in [3.63, 3.8) is 0 Å². The minimum atomic E-state index is -0.683. The topological polar surface area (TPSA) is 67.5 Å². The fraction of sp³-hybridized carbons (Fsp3) is 0.0909. The van der Waals surface area contributed by atoms with Crippen molar-refractivity contribution < 1.29 is 14.8 Å². The minimum Gasteiger partial charge on any atom is -0.342 e. The lowest BCUT2D eigenvalue weighted by Crippen LogP contribution is -2.25. The van der Waals surface area contributed by atoms with Gasteiger partial charge in [-0.1, -0.05) is 34.1 Å². The summed E-state index contributed by atoms with van der Waals surface area (Å²) >= 11 is 3.51. The number of benzene rings is 3. The van der Waals surface area contributed by atoms with Gasteiger partial charge in [0.15, 0.2) is 0 Å². The van der Waals surface area contributed by atoms with Crippen molar-refractivity contribution in [2.45, 2.75) is 0 Å². The van der Waals surface area contributed by atoms with Crippen LogP contribution in [0.25, 0.3) is 43.6 Å². The van der Waals surface area contributed by atoms with E-state index in [1.807, 2.05) is 56.6 Å². The van der Waals surface area contributed by atoms with Crippen LogP contribution in [0.4, 0.5) is 0 Å². The standard InChI is InChI=1S/C22H14BrN3O3/c1-24-13-6-4-3-5-11(13)15-17-18(22(28)26(29)21(17)27)16-12-9-10(23)7-8-14(12)25(2)20(16)19(15)24/h3-9,29H,1-2H3. The summed E-state index contributed by atoms with van der Waals surface area (Å²) in [5, 5.41) is 13.6. The first-order chi connectivity index (χ1) is 13.9. The molecule has 142 valence electrons. The Labute approximate surface area is 172 Å². The summed E-state index contributed by atoms with van der Waals surface area (Å²) in [6.45, 7) is 0. The van der Waals surface area contributed by atoms with Crippen molar-refractivity contribution in [2.75, 3.05) is 0 Å². The van der Waals surface area contributed by atoms with Crippen LogP contribution in [0.15, 0.2) is 46.9 Å². The molecule has 5 aromatic rings. The van der Waals surface area contributed by atoms with E-state index in [0.717, 1.165) is 37.3 Å². The summed E-state index contributed by atoms with van der Waals surface area (Å²) in [7, 11) is 3.92. The van der Waals surface area contributed by atoms with Crippen LogP contribution < -0.4 is 0 Å². The van der Waals surface area contributed by atoms with E-state index in [2.05, 4.69) is 25.1 Å². The number of hydroxylamine groups is 2. The van der Waals surface area contributed by atoms with Gasteiger partial charge >= 0.3 is 0 Å². The van der Waals surface area contributed by atoms with Crippen LogP contribution in [0.5, 0.6) is 0 Å². The van der Waals surface area contributed by atoms with E-state index in [-0.39, 0.29) is 16.2 Å². The highest BCUT2D eigenvalue weighted by Crippen LogP contribution is 2.45. The van der Waals surface area contributed by atoms with Crippen LogP contribution in [-0.2, 0) is 14.1 Å². The summed E-state index contributed by atoms with van der Waals surface area (Å²) in [5.41, 5.74) is 4.16. The number of amides is 2. The molecule has 0 fully saturated rings. The Balaban J connectivity index is 2.07. The molecular weight excluding hydrogens is 434 g/mol. The smallest absolute Gasteiger partial charge is 0.286 e. The van der Waals surface area contributed by atoms with Gasteiger partial charge in [0.05, 0.1) is 22.2 Å². The molecule has 0 saturated carbocycles. The largest absolute Gasteiger partial charge is 0.342 e. The Hall–Kier alpha value is -3.16. The number of hydrogen-bond donors (Lipinski definition) is 1. The number of nitrogens with zero attached hydrogens (tertiary/aromatic N) is 3. The molecule has 6 rings (SSSR count). The second kappa shape index (κ2) is 5.25. The molecule has 0 radical (unpaired) electrons. The van der Waals surface area contributed by atoms with Crippen molar-refractivity contribution in [3.8, 4) is 0 Å². The summed E-state index contributed by atoms with van der Waals surface area (Å²) in [6, 6.07) is 13.7. The van der Waals surface area contributed by atoms with Crippen molar-refractivity contribution >= 4 is 71.4 Å². The normalized spacial score (nSPS) is 14.3. The third-order valence-corrected chi connectivity index (χ3v) is 6.55. The van der Waals surface area contributed by atoms with E-state index < -0.39 is 11.8 Å². The van der Waals surface area contributed by atoms with Crippen LogP contribution in [0, 0.1) is 0 Å². The number of aryl methyl sites for hydroxylation is 2. The Morgan fingerprint density at radius 3 is 2.00 bits per heavy atom. The second-order valence-electron chi connectivity index (χ2n) is 7.42. The van der Waals surface area contributed by atoms with Crippen molar-refractivity contribution in [2.24, 2.45) is 14.1 Å². The molecule has 3 aromatic carbocycles. The van der Waals surface area contributed by atoms with Crippen molar-refractivity contribution in [3.05, 3.63) is 58.1 Å². The molecule has 2 aromatic heterocycles. The number of para-hydroxylation sites is 1. The number of fused-ring (bicyclic) bond motifs is 10. The van der Waals surface area contributed by atoms with Gasteiger partial charge in [-0.3, -0.25) is 14.8 Å². The van der Waals surface area contributed by atoms with Crippen LogP contribution in [0.1, 0.15) is 20.7 Å². The number of imide groups is 1. The monoisotopic (exact) mass is 447 g/mol. The number of carbonyl (C=O) groups is 2. The fourth-order valence-electron chi connectivity index (χ4n) is 4.85. The first-order valence-electron chi connectivity index (χ1n) is 9.10. The molecule has 6 nitrogen and oxygen atoms in total. The maximum Gasteiger partial charge on any atom is 0.286 e. The lowest BCUT2D eigenvalue weighted by molar-refractivity contribution is -0.0325. The Kier molecular flexibility index (Phi) is 3.04. The second-order valence-corrected chi connectivity index (χ2v) is 8.33. The van der Waals surface area contributed by atoms with Crippen LogP contribution in [0.2, 0.25) is 0 Å². The summed E-state index contributed by atoms with van der Waals surface area (Å²) in [4.78, 5) is 25.9. The van der Waals surface area contributed by atoms with Gasteiger partial charge < -0.3 is 9.13 Å². The summed E-state index contributed by atoms with van der Waals surface area (Å²) in [5.74, 6) is -1.36. The highest BCUT2D eigenvalue weighted by molar-refractivity contribution is 9.10. The molecule has 0 atom stereocenters. The molecule has 0 saturated heterocycles. The Morgan fingerprint density at radius 1 is 0.793 bits per heavy atom. The minimum absolute atomic E-state index is 0.238. The zero-order valence-electron chi connectivity index (χ0n) is 15.5. The summed E-state index contributed by atoms with van der Waals surface area (Å²) in [6.07, 6.45) is 0. The van der Waals surface area contributed by atoms with E-state index in [9.17, 15) is 14.8 Å². The van der Waals surface area contributed by atoms with Crippen molar-refractivity contribution in [1.29, 1.82) is 0 Å². The SMILES string of the molecule is Cn1c2ccccc2c2c3c(c4c5cc(Br)ccc5n(C)c4c21)C(=O)N(O)C3=O. The molecule has 0 unspecified atom stereocenters. The van der Waals surface area contributed by atoms with Gasteiger partial charge in [-0.2, -0.15) is 0 Å². The van der Waals surface area contributed by atoms with Gasteiger partial charge in [0.2, 0.25) is 0 Å². The molecule has 3 heterocycles. The number of rotatable bonds is 0. The predicted octanol–water partition coefficient (Wildman–Crippen LogP) is 4.72. The first kappa shape index (κ1) is 16.8. The molecule has 0 spiro atoms. The van der Waals surface area contributed by atoms with Gasteiger partial charge in [0.25, 0.3) is 11.8 Å². The number of halogens is 1. The fourth-order valence-corrected chi connectivity index (χ4v) is 5.21. The molecule has 1 aliphatic heterocycles. The maximum atomic E-state index is 13.0. The molecular formula is C22H14BrN3O3. The van der Waals surface area contributed by atoms with Gasteiger partial charge in [-0.15, -0.1) is 5.06 Å². The van der Waals surface area contributed by atoms with E-state index >= 15 is 0 Å². The quantitative estimate of drug-likeness (QED) is 0.275. The molecule has 1 aliphatic rings. The molecule has 1 N–H and O–H groups in total. The zero-order chi connectivity index (χ0) is 20.2. The van der Waals surface area contributed by atoms with Gasteiger partial charge in [-0.25, -0.2) is 0 Å². The molecule has 29 heavy (non-hydrogen) atoms. The molecule has 0 aliphatic carbocycles. The van der Waals surface area contributed by atoms with Gasteiger partial charge in [-0.05, 0) is 24.3 Å². The van der Waals surface area contributed by atoms with E-state index in [4.69, 9.17) is 0 Å². The highest BCUT2D eigenvalue weighted by Gasteiger charge is 2.41. The van der Waals surface area contributed by atoms with Crippen LogP contribution >= 0.6 is 15.9 Å². The lowest BCUT2D eigenvalue weighted by atomic mass is 9.96. The molecule has 0 bridgehead atoms. The van der Waals surface area contributed by atoms with Crippen molar-refractivity contribution in [1.82, 2.24) is 14.2 Å². The third-order valence-electron chi connectivity index (χ3n) is 6.06. The average molecular weight is 448 g/mol. The molecule has 7 heteroatoms. The number of carbonyl (C=O) groups excluding carboxylic acids is 2. The van der Waals surface area contributed by atoms with Gasteiger partial charge in [0, 0.05) is 51.1 Å². The Morgan fingerprint density at radius 2 is 1.34 bits per heavy atom. The third kappa shape index (κ3) is 1.80. The summed E-state index contributed by atoms with van der Waals surface area (Å²) < 4.78 is 4.98.